The summed E-state index contributed by atoms with van der Waals surface area (Å²) < 4.78 is 17.0. The van der Waals surface area contributed by atoms with Crippen molar-refractivity contribution < 1.29 is 23.8 Å². The van der Waals surface area contributed by atoms with Crippen LogP contribution in [-0.4, -0.2) is 49.7 Å². The first-order chi connectivity index (χ1) is 15.1. The zero-order chi connectivity index (χ0) is 21.6. The number of hydrogen-bond donors (Lipinski definition) is 0. The van der Waals surface area contributed by atoms with Crippen LogP contribution in [0, 0.1) is 0 Å². The molecular formula is C24H26N2O5. The molecular weight excluding hydrogens is 396 g/mol. The highest BCUT2D eigenvalue weighted by atomic mass is 16.7. The molecule has 0 N–H and O–H groups in total. The van der Waals surface area contributed by atoms with Crippen molar-refractivity contribution in [3.05, 3.63) is 47.5 Å². The fraction of sp³-hybridized carbons (Fsp3) is 0.417. The summed E-state index contributed by atoms with van der Waals surface area (Å²) in [6.45, 7) is 5.78. The molecule has 2 aromatic rings. The summed E-state index contributed by atoms with van der Waals surface area (Å²) in [6, 6.07) is 11.3. The molecule has 1 spiro atoms. The first-order valence-electron chi connectivity index (χ1n) is 10.9. The fourth-order valence-electron chi connectivity index (χ4n) is 4.77. The van der Waals surface area contributed by atoms with Crippen molar-refractivity contribution in [2.45, 2.75) is 32.1 Å². The van der Waals surface area contributed by atoms with Crippen molar-refractivity contribution in [2.24, 2.45) is 0 Å². The predicted molar refractivity (Wildman–Crippen MR) is 115 cm³/mol. The topological polar surface area (TPSA) is 68.3 Å². The van der Waals surface area contributed by atoms with E-state index >= 15 is 0 Å². The van der Waals surface area contributed by atoms with E-state index < -0.39 is 5.41 Å². The normalized spacial score (nSPS) is 20.1. The monoisotopic (exact) mass is 422 g/mol. The maximum atomic E-state index is 13.9. The van der Waals surface area contributed by atoms with E-state index in [1.54, 1.807) is 11.0 Å². The molecule has 1 unspecified atom stereocenters. The third-order valence-electron chi connectivity index (χ3n) is 6.45. The van der Waals surface area contributed by atoms with Crippen molar-refractivity contribution in [3.63, 3.8) is 0 Å². The SMILES string of the molecule is CCCCN(CC)C(=O)CN1C(=O)C2(COc3cc4c(cc32)OCO4)c2ccccc21. The van der Waals surface area contributed by atoms with E-state index in [0.717, 1.165) is 29.7 Å². The van der Waals surface area contributed by atoms with Crippen LogP contribution in [0.5, 0.6) is 17.2 Å². The average molecular weight is 422 g/mol. The number of anilines is 1. The third kappa shape index (κ3) is 2.86. The standard InChI is InChI=1S/C24H26N2O5/c1-3-5-10-25(4-2)22(27)13-26-18-9-7-6-8-16(18)24(23(26)28)14-29-19-12-21-20(11-17(19)24)30-15-31-21/h6-9,11-12H,3-5,10,13-15H2,1-2H3. The van der Waals surface area contributed by atoms with E-state index in [4.69, 9.17) is 14.2 Å². The summed E-state index contributed by atoms with van der Waals surface area (Å²) in [5.74, 6) is 1.68. The summed E-state index contributed by atoms with van der Waals surface area (Å²) in [6.07, 6.45) is 1.96. The van der Waals surface area contributed by atoms with Crippen molar-refractivity contribution in [2.75, 3.05) is 37.9 Å². The molecule has 0 aliphatic carbocycles. The Hall–Kier alpha value is -3.22. The molecule has 2 amide bonds. The quantitative estimate of drug-likeness (QED) is 0.716. The van der Waals surface area contributed by atoms with Gasteiger partial charge in [-0.1, -0.05) is 31.5 Å². The van der Waals surface area contributed by atoms with Crippen LogP contribution in [-0.2, 0) is 15.0 Å². The van der Waals surface area contributed by atoms with Crippen LogP contribution in [0.3, 0.4) is 0 Å². The number of fused-ring (bicyclic) bond motifs is 5. The lowest BCUT2D eigenvalue weighted by atomic mass is 9.77. The van der Waals surface area contributed by atoms with Gasteiger partial charge >= 0.3 is 0 Å². The van der Waals surface area contributed by atoms with Gasteiger partial charge in [0, 0.05) is 30.4 Å². The summed E-state index contributed by atoms with van der Waals surface area (Å²) in [4.78, 5) is 30.4. The van der Waals surface area contributed by atoms with Crippen LogP contribution < -0.4 is 19.1 Å². The van der Waals surface area contributed by atoms with Crippen LogP contribution in [0.25, 0.3) is 0 Å². The Morgan fingerprint density at radius 1 is 1.06 bits per heavy atom. The molecule has 162 valence electrons. The van der Waals surface area contributed by atoms with E-state index in [2.05, 4.69) is 6.92 Å². The molecule has 1 atom stereocenters. The Labute approximate surface area is 181 Å². The first-order valence-corrected chi connectivity index (χ1v) is 10.9. The highest BCUT2D eigenvalue weighted by Gasteiger charge is 2.57. The number of para-hydroxylation sites is 1. The summed E-state index contributed by atoms with van der Waals surface area (Å²) >= 11 is 0. The van der Waals surface area contributed by atoms with Crippen LogP contribution in [0.4, 0.5) is 5.69 Å². The smallest absolute Gasteiger partial charge is 0.246 e. The number of rotatable bonds is 6. The maximum Gasteiger partial charge on any atom is 0.246 e. The number of amides is 2. The Bertz CT molecular complexity index is 1050. The lowest BCUT2D eigenvalue weighted by Gasteiger charge is -2.26. The molecule has 3 aliphatic rings. The van der Waals surface area contributed by atoms with Gasteiger partial charge in [0.15, 0.2) is 11.5 Å². The van der Waals surface area contributed by atoms with Gasteiger partial charge in [0.25, 0.3) is 0 Å². The lowest BCUT2D eigenvalue weighted by molar-refractivity contribution is -0.131. The Kier molecular flexibility index (Phi) is 4.76. The minimum atomic E-state index is -0.979. The number of benzene rings is 2. The van der Waals surface area contributed by atoms with Crippen molar-refractivity contribution in [3.8, 4) is 17.2 Å². The Morgan fingerprint density at radius 2 is 1.84 bits per heavy atom. The van der Waals surface area contributed by atoms with Gasteiger partial charge in [-0.3, -0.25) is 9.59 Å². The molecule has 7 heteroatoms. The summed E-state index contributed by atoms with van der Waals surface area (Å²) in [5, 5.41) is 0. The third-order valence-corrected chi connectivity index (χ3v) is 6.45. The molecule has 7 nitrogen and oxygen atoms in total. The molecule has 0 radical (unpaired) electrons. The number of nitrogens with zero attached hydrogens (tertiary/aromatic N) is 2. The van der Waals surface area contributed by atoms with Gasteiger partial charge in [-0.25, -0.2) is 0 Å². The molecule has 3 heterocycles. The van der Waals surface area contributed by atoms with Gasteiger partial charge in [-0.15, -0.1) is 0 Å². The van der Waals surface area contributed by atoms with Crippen LogP contribution in [0.1, 0.15) is 37.8 Å². The van der Waals surface area contributed by atoms with E-state index in [0.29, 0.717) is 30.3 Å². The van der Waals surface area contributed by atoms with Crippen molar-refractivity contribution in [1.29, 1.82) is 0 Å². The Morgan fingerprint density at radius 3 is 2.61 bits per heavy atom. The fourth-order valence-corrected chi connectivity index (χ4v) is 4.77. The zero-order valence-electron chi connectivity index (χ0n) is 17.8. The predicted octanol–water partition coefficient (Wildman–Crippen LogP) is 3.09. The van der Waals surface area contributed by atoms with Gasteiger partial charge < -0.3 is 24.0 Å². The van der Waals surface area contributed by atoms with Crippen molar-refractivity contribution in [1.82, 2.24) is 4.90 Å². The Balaban J connectivity index is 1.53. The number of likely N-dealkylation sites (N-methyl/N-ethyl adjacent to an activating group) is 1. The number of carbonyl (C=O) groups excluding carboxylic acids is 2. The molecule has 31 heavy (non-hydrogen) atoms. The van der Waals surface area contributed by atoms with Gasteiger partial charge in [-0.2, -0.15) is 0 Å². The molecule has 0 saturated carbocycles. The van der Waals surface area contributed by atoms with Crippen LogP contribution >= 0.6 is 0 Å². The number of hydrogen-bond acceptors (Lipinski definition) is 5. The van der Waals surface area contributed by atoms with Crippen molar-refractivity contribution >= 4 is 17.5 Å². The number of carbonyl (C=O) groups is 2. The van der Waals surface area contributed by atoms with Crippen LogP contribution in [0.2, 0.25) is 0 Å². The van der Waals surface area contributed by atoms with E-state index in [1.807, 2.05) is 42.2 Å². The molecule has 3 aliphatic heterocycles. The highest BCUT2D eigenvalue weighted by molar-refractivity contribution is 6.13. The average Bonchev–Trinajstić information content (AvgIpc) is 3.46. The minimum absolute atomic E-state index is 0.0229. The summed E-state index contributed by atoms with van der Waals surface area (Å²) in [5.41, 5.74) is 1.42. The van der Waals surface area contributed by atoms with Gasteiger partial charge in [-0.05, 0) is 31.0 Å². The summed E-state index contributed by atoms with van der Waals surface area (Å²) in [7, 11) is 0. The molecule has 0 bridgehead atoms. The van der Waals surface area contributed by atoms with Gasteiger partial charge in [0.05, 0.1) is 0 Å². The first kappa shape index (κ1) is 19.7. The van der Waals surface area contributed by atoms with Crippen LogP contribution in [0.15, 0.2) is 36.4 Å². The van der Waals surface area contributed by atoms with E-state index in [9.17, 15) is 9.59 Å². The maximum absolute atomic E-state index is 13.9. The second-order valence-corrected chi connectivity index (χ2v) is 8.13. The number of ether oxygens (including phenoxy) is 3. The molecule has 0 saturated heterocycles. The number of unbranched alkanes of at least 4 members (excludes halogenated alkanes) is 1. The largest absolute Gasteiger partial charge is 0.491 e. The van der Waals surface area contributed by atoms with E-state index in [1.165, 1.54) is 0 Å². The molecule has 2 aromatic carbocycles. The molecule has 0 fully saturated rings. The second-order valence-electron chi connectivity index (χ2n) is 8.13. The molecule has 5 rings (SSSR count). The zero-order valence-corrected chi connectivity index (χ0v) is 17.8. The minimum Gasteiger partial charge on any atom is -0.491 e. The highest BCUT2D eigenvalue weighted by Crippen LogP contribution is 2.54. The second kappa shape index (κ2) is 7.48. The van der Waals surface area contributed by atoms with E-state index in [-0.39, 0.29) is 31.8 Å². The lowest BCUT2D eigenvalue weighted by Crippen LogP contribution is -2.47. The molecule has 0 aromatic heterocycles. The van der Waals surface area contributed by atoms with Gasteiger partial charge in [0.2, 0.25) is 18.6 Å². The van der Waals surface area contributed by atoms with Gasteiger partial charge in [0.1, 0.15) is 24.3 Å².